The van der Waals surface area contributed by atoms with Gasteiger partial charge in [0.1, 0.15) is 5.92 Å². The zero-order chi connectivity index (χ0) is 13.8. The molecule has 0 fully saturated rings. The minimum absolute atomic E-state index is 0.392. The third kappa shape index (κ3) is 3.55. The van der Waals surface area contributed by atoms with E-state index in [9.17, 15) is 9.90 Å². The molecule has 1 unspecified atom stereocenters. The van der Waals surface area contributed by atoms with E-state index in [1.807, 2.05) is 30.3 Å². The highest BCUT2D eigenvalue weighted by molar-refractivity contribution is 9.10. The number of carbonyl (C=O) groups is 1. The normalized spacial score (nSPS) is 12.1. The predicted molar refractivity (Wildman–Crippen MR) is 77.5 cm³/mol. The van der Waals surface area contributed by atoms with E-state index in [1.165, 1.54) is 6.20 Å². The van der Waals surface area contributed by atoms with Gasteiger partial charge in [-0.2, -0.15) is 0 Å². The Morgan fingerprint density at radius 2 is 2.05 bits per heavy atom. The molecule has 1 heterocycles. The third-order valence-corrected chi connectivity index (χ3v) is 3.59. The Hall–Kier alpha value is -1.39. The van der Waals surface area contributed by atoms with Crippen molar-refractivity contribution < 1.29 is 9.90 Å². The Morgan fingerprint density at radius 1 is 1.37 bits per heavy atom. The van der Waals surface area contributed by atoms with Crippen molar-refractivity contribution >= 4 is 33.5 Å². The van der Waals surface area contributed by atoms with Gasteiger partial charge in [-0.15, -0.1) is 0 Å². The summed E-state index contributed by atoms with van der Waals surface area (Å²) in [6.07, 6.45) is 1.85. The van der Waals surface area contributed by atoms with Crippen LogP contribution in [0.25, 0.3) is 0 Å². The molecule has 0 amide bonds. The van der Waals surface area contributed by atoms with E-state index >= 15 is 0 Å². The lowest BCUT2D eigenvalue weighted by molar-refractivity contribution is -0.138. The minimum Gasteiger partial charge on any atom is -0.481 e. The zero-order valence-corrected chi connectivity index (χ0v) is 12.2. The van der Waals surface area contributed by atoms with Gasteiger partial charge in [0.05, 0.1) is 10.7 Å². The fraction of sp³-hybridized carbons (Fsp3) is 0.143. The van der Waals surface area contributed by atoms with Crippen molar-refractivity contribution in [2.24, 2.45) is 0 Å². The van der Waals surface area contributed by atoms with Crippen LogP contribution in [0.5, 0.6) is 0 Å². The van der Waals surface area contributed by atoms with Crippen LogP contribution >= 0.6 is 27.5 Å². The first-order valence-corrected chi connectivity index (χ1v) is 6.82. The fourth-order valence-corrected chi connectivity index (χ4v) is 2.75. The number of carboxylic acid groups (broad SMARTS) is 1. The Balaban J connectivity index is 2.33. The topological polar surface area (TPSA) is 50.2 Å². The monoisotopic (exact) mass is 339 g/mol. The first-order valence-electron chi connectivity index (χ1n) is 5.65. The lowest BCUT2D eigenvalue weighted by Crippen LogP contribution is -2.16. The first-order chi connectivity index (χ1) is 9.08. The highest BCUT2D eigenvalue weighted by atomic mass is 79.9. The maximum absolute atomic E-state index is 11.4. The zero-order valence-electron chi connectivity index (χ0n) is 9.88. The largest absolute Gasteiger partial charge is 0.481 e. The molecule has 1 N–H and O–H groups in total. The van der Waals surface area contributed by atoms with Gasteiger partial charge in [-0.05, 0) is 34.0 Å². The summed E-state index contributed by atoms with van der Waals surface area (Å²) in [7, 11) is 0. The highest BCUT2D eigenvalue weighted by Crippen LogP contribution is 2.28. The molecule has 0 bridgehead atoms. The van der Waals surface area contributed by atoms with Crippen molar-refractivity contribution in [2.75, 3.05) is 0 Å². The molecule has 0 aliphatic heterocycles. The lowest BCUT2D eigenvalue weighted by atomic mass is 9.96. The molecule has 19 heavy (non-hydrogen) atoms. The van der Waals surface area contributed by atoms with Gasteiger partial charge in [0.25, 0.3) is 0 Å². The molecule has 98 valence electrons. The third-order valence-electron chi connectivity index (χ3n) is 2.75. The van der Waals surface area contributed by atoms with Crippen LogP contribution in [0.4, 0.5) is 0 Å². The molecule has 5 heteroatoms. The van der Waals surface area contributed by atoms with Gasteiger partial charge in [-0.25, -0.2) is 0 Å². The maximum Gasteiger partial charge on any atom is 0.312 e. The molecule has 0 aliphatic rings. The number of rotatable bonds is 4. The number of hydrogen-bond acceptors (Lipinski definition) is 2. The number of carboxylic acids is 1. The summed E-state index contributed by atoms with van der Waals surface area (Å²) in [6.45, 7) is 0. The number of hydrogen-bond donors (Lipinski definition) is 1. The number of nitrogens with zero attached hydrogens (tertiary/aromatic N) is 1. The van der Waals surface area contributed by atoms with Crippen molar-refractivity contribution in [1.82, 2.24) is 4.98 Å². The van der Waals surface area contributed by atoms with Crippen LogP contribution in [-0.2, 0) is 11.2 Å². The Bertz CT molecular complexity index is 589. The number of halogens is 2. The fourth-order valence-electron chi connectivity index (χ4n) is 1.83. The van der Waals surface area contributed by atoms with Crippen LogP contribution in [0.1, 0.15) is 17.2 Å². The molecule has 2 aromatic rings. The molecule has 1 aromatic carbocycles. The summed E-state index contributed by atoms with van der Waals surface area (Å²) in [5.74, 6) is -1.60. The molecule has 0 saturated heterocycles. The van der Waals surface area contributed by atoms with Crippen LogP contribution in [0.3, 0.4) is 0 Å². The highest BCUT2D eigenvalue weighted by Gasteiger charge is 2.24. The molecule has 0 spiro atoms. The molecular formula is C14H11BrClNO2. The molecular weight excluding hydrogens is 330 g/mol. The average molecular weight is 341 g/mol. The average Bonchev–Trinajstić information content (AvgIpc) is 2.38. The van der Waals surface area contributed by atoms with Gasteiger partial charge in [-0.1, -0.05) is 41.9 Å². The summed E-state index contributed by atoms with van der Waals surface area (Å²) in [4.78, 5) is 15.6. The van der Waals surface area contributed by atoms with Gasteiger partial charge in [0.2, 0.25) is 0 Å². The van der Waals surface area contributed by atoms with Gasteiger partial charge in [0.15, 0.2) is 0 Å². The summed E-state index contributed by atoms with van der Waals surface area (Å²) >= 11 is 9.14. The van der Waals surface area contributed by atoms with Crippen LogP contribution in [0, 0.1) is 0 Å². The summed E-state index contributed by atoms with van der Waals surface area (Å²) < 4.78 is 0.614. The second-order valence-electron chi connectivity index (χ2n) is 4.10. The predicted octanol–water partition coefficient (Wildman–Crippen LogP) is 3.91. The van der Waals surface area contributed by atoms with Crippen molar-refractivity contribution in [3.63, 3.8) is 0 Å². The summed E-state index contributed by atoms with van der Waals surface area (Å²) in [5.41, 5.74) is 1.44. The number of aliphatic carboxylic acids is 1. The SMILES string of the molecule is O=C(O)C(Cc1ccccc1)c1ncc(Cl)cc1Br. The molecule has 1 atom stereocenters. The lowest BCUT2D eigenvalue weighted by Gasteiger charge is -2.13. The van der Waals surface area contributed by atoms with E-state index in [0.29, 0.717) is 21.6 Å². The van der Waals surface area contributed by atoms with Crippen molar-refractivity contribution in [3.05, 3.63) is 63.3 Å². The quantitative estimate of drug-likeness (QED) is 0.918. The summed E-state index contributed by atoms with van der Waals surface area (Å²) in [6, 6.07) is 11.1. The van der Waals surface area contributed by atoms with E-state index in [2.05, 4.69) is 20.9 Å². The Kier molecular flexibility index (Phi) is 4.56. The van der Waals surface area contributed by atoms with Crippen LogP contribution < -0.4 is 0 Å². The van der Waals surface area contributed by atoms with E-state index in [1.54, 1.807) is 6.07 Å². The first kappa shape index (κ1) is 14.0. The standard InChI is InChI=1S/C14H11BrClNO2/c15-12-7-10(16)8-17-13(12)11(14(18)19)6-9-4-2-1-3-5-9/h1-5,7-8,11H,6H2,(H,18,19). The smallest absolute Gasteiger partial charge is 0.312 e. The van der Waals surface area contributed by atoms with Crippen LogP contribution in [-0.4, -0.2) is 16.1 Å². The van der Waals surface area contributed by atoms with E-state index in [-0.39, 0.29) is 0 Å². The molecule has 3 nitrogen and oxygen atoms in total. The van der Waals surface area contributed by atoms with Crippen LogP contribution in [0.2, 0.25) is 5.02 Å². The molecule has 2 rings (SSSR count). The molecule has 1 aromatic heterocycles. The number of pyridine rings is 1. The van der Waals surface area contributed by atoms with Crippen molar-refractivity contribution in [3.8, 4) is 0 Å². The van der Waals surface area contributed by atoms with E-state index in [4.69, 9.17) is 11.6 Å². The van der Waals surface area contributed by atoms with Crippen molar-refractivity contribution in [2.45, 2.75) is 12.3 Å². The minimum atomic E-state index is -0.903. The number of benzene rings is 1. The van der Waals surface area contributed by atoms with Crippen LogP contribution in [0.15, 0.2) is 47.1 Å². The number of aromatic nitrogens is 1. The van der Waals surface area contributed by atoms with Gasteiger partial charge in [-0.3, -0.25) is 9.78 Å². The maximum atomic E-state index is 11.4. The van der Waals surface area contributed by atoms with Gasteiger partial charge >= 0.3 is 5.97 Å². The Labute approximate surface area is 124 Å². The molecule has 0 radical (unpaired) electrons. The van der Waals surface area contributed by atoms with E-state index < -0.39 is 11.9 Å². The molecule has 0 saturated carbocycles. The second kappa shape index (κ2) is 6.17. The van der Waals surface area contributed by atoms with Gasteiger partial charge in [0, 0.05) is 10.7 Å². The molecule has 0 aliphatic carbocycles. The van der Waals surface area contributed by atoms with Gasteiger partial charge < -0.3 is 5.11 Å². The second-order valence-corrected chi connectivity index (χ2v) is 5.39. The van der Waals surface area contributed by atoms with Crippen molar-refractivity contribution in [1.29, 1.82) is 0 Å². The Morgan fingerprint density at radius 3 is 2.63 bits per heavy atom. The summed E-state index contributed by atoms with van der Waals surface area (Å²) in [5, 5.41) is 9.86. The van der Waals surface area contributed by atoms with E-state index in [0.717, 1.165) is 5.56 Å².